The van der Waals surface area contributed by atoms with Crippen LogP contribution < -0.4 is 10.6 Å². The molecule has 1 fully saturated rings. The summed E-state index contributed by atoms with van der Waals surface area (Å²) in [6.45, 7) is 9.08. The average Bonchev–Trinajstić information content (AvgIpc) is 3.19. The first-order chi connectivity index (χ1) is 14.4. The van der Waals surface area contributed by atoms with Crippen LogP contribution in [0.15, 0.2) is 39.9 Å². The van der Waals surface area contributed by atoms with Gasteiger partial charge in [0.15, 0.2) is 5.96 Å². The summed E-state index contributed by atoms with van der Waals surface area (Å²) >= 11 is 0. The first-order valence-electron chi connectivity index (χ1n) is 10.6. The van der Waals surface area contributed by atoms with E-state index in [2.05, 4.69) is 41.4 Å². The van der Waals surface area contributed by atoms with Crippen LogP contribution >= 0.6 is 0 Å². The van der Waals surface area contributed by atoms with Gasteiger partial charge in [0, 0.05) is 44.6 Å². The number of hydrogen-bond acceptors (Lipinski definition) is 4. The summed E-state index contributed by atoms with van der Waals surface area (Å²) in [5.41, 5.74) is 1.72. The summed E-state index contributed by atoms with van der Waals surface area (Å²) in [6, 6.07) is 6.12. The number of oxazole rings is 1. The Kier molecular flexibility index (Phi) is 7.48. The lowest BCUT2D eigenvalue weighted by Crippen LogP contribution is -2.47. The van der Waals surface area contributed by atoms with Gasteiger partial charge in [-0.2, -0.15) is 0 Å². The number of ether oxygens (including phenoxy) is 1. The van der Waals surface area contributed by atoms with Gasteiger partial charge in [0.1, 0.15) is 12.1 Å². The maximum atomic E-state index is 13.1. The first kappa shape index (κ1) is 22.3. The van der Waals surface area contributed by atoms with Gasteiger partial charge >= 0.3 is 0 Å². The highest BCUT2D eigenvalue weighted by Crippen LogP contribution is 2.33. The van der Waals surface area contributed by atoms with Crippen molar-refractivity contribution < 1.29 is 13.5 Å². The lowest BCUT2D eigenvalue weighted by Gasteiger charge is -2.40. The van der Waals surface area contributed by atoms with E-state index in [0.29, 0.717) is 24.8 Å². The van der Waals surface area contributed by atoms with Gasteiger partial charge in [0.05, 0.1) is 11.8 Å². The van der Waals surface area contributed by atoms with E-state index in [1.54, 1.807) is 25.4 Å². The van der Waals surface area contributed by atoms with E-state index in [1.165, 1.54) is 12.1 Å². The molecule has 164 valence electrons. The van der Waals surface area contributed by atoms with Crippen molar-refractivity contribution in [2.45, 2.75) is 46.1 Å². The standard InChI is InChI=1S/C23H33FN4O2/c1-23(2,3)20-17(6-5-13-29-20)14-27-22(25-4)26-12-11-19-15-30-21(28-19)16-7-9-18(24)10-8-16/h7-10,15,17,20H,5-6,11-14H2,1-4H3,(H2,25,26,27). The van der Waals surface area contributed by atoms with E-state index in [9.17, 15) is 4.39 Å². The molecule has 0 bridgehead atoms. The summed E-state index contributed by atoms with van der Waals surface area (Å²) in [4.78, 5) is 8.81. The zero-order valence-electron chi connectivity index (χ0n) is 18.4. The summed E-state index contributed by atoms with van der Waals surface area (Å²) < 4.78 is 24.7. The number of nitrogens with one attached hydrogen (secondary N) is 2. The normalized spacial score (nSPS) is 20.2. The minimum atomic E-state index is -0.276. The molecule has 1 saturated heterocycles. The smallest absolute Gasteiger partial charge is 0.226 e. The Hall–Kier alpha value is -2.41. The van der Waals surface area contributed by atoms with Crippen molar-refractivity contribution in [3.05, 3.63) is 42.0 Å². The highest BCUT2D eigenvalue weighted by molar-refractivity contribution is 5.79. The van der Waals surface area contributed by atoms with Gasteiger partial charge in [0.2, 0.25) is 5.89 Å². The number of guanidine groups is 1. The van der Waals surface area contributed by atoms with Crippen molar-refractivity contribution >= 4 is 5.96 Å². The summed E-state index contributed by atoms with van der Waals surface area (Å²) in [5.74, 6) is 1.46. The fraction of sp³-hybridized carbons (Fsp3) is 0.565. The molecule has 2 aromatic rings. The summed E-state index contributed by atoms with van der Waals surface area (Å²) in [5, 5.41) is 6.78. The number of aromatic nitrogens is 1. The second kappa shape index (κ2) is 10.1. The van der Waals surface area contributed by atoms with Crippen LogP contribution in [0.4, 0.5) is 4.39 Å². The molecule has 0 radical (unpaired) electrons. The molecule has 1 aromatic heterocycles. The van der Waals surface area contributed by atoms with E-state index >= 15 is 0 Å². The molecule has 1 aromatic carbocycles. The van der Waals surface area contributed by atoms with Gasteiger partial charge in [-0.05, 0) is 42.5 Å². The highest BCUT2D eigenvalue weighted by Gasteiger charge is 2.35. The number of halogens is 1. The van der Waals surface area contributed by atoms with Crippen LogP contribution in [0.2, 0.25) is 0 Å². The van der Waals surface area contributed by atoms with Gasteiger partial charge in [-0.15, -0.1) is 0 Å². The Morgan fingerprint density at radius 1 is 1.23 bits per heavy atom. The zero-order chi connectivity index (χ0) is 21.6. The van der Waals surface area contributed by atoms with E-state index in [-0.39, 0.29) is 17.3 Å². The van der Waals surface area contributed by atoms with Crippen LogP contribution in [0, 0.1) is 17.2 Å². The van der Waals surface area contributed by atoms with Crippen LogP contribution in [-0.2, 0) is 11.2 Å². The predicted octanol–water partition coefficient (Wildman–Crippen LogP) is 4.03. The maximum Gasteiger partial charge on any atom is 0.226 e. The van der Waals surface area contributed by atoms with Crippen LogP contribution in [0.25, 0.3) is 11.5 Å². The average molecular weight is 417 g/mol. The van der Waals surface area contributed by atoms with Gasteiger partial charge in [-0.1, -0.05) is 20.8 Å². The molecule has 1 aliphatic rings. The second-order valence-electron chi connectivity index (χ2n) is 8.84. The maximum absolute atomic E-state index is 13.1. The van der Waals surface area contributed by atoms with Crippen LogP contribution in [0.1, 0.15) is 39.3 Å². The molecule has 0 saturated carbocycles. The Bertz CT molecular complexity index is 826. The number of aliphatic imine (C=N–C) groups is 1. The Morgan fingerprint density at radius 3 is 2.70 bits per heavy atom. The number of nitrogens with zero attached hydrogens (tertiary/aromatic N) is 2. The van der Waals surface area contributed by atoms with Crippen molar-refractivity contribution in [2.75, 3.05) is 26.7 Å². The van der Waals surface area contributed by atoms with Crippen LogP contribution in [-0.4, -0.2) is 43.8 Å². The van der Waals surface area contributed by atoms with E-state index in [1.807, 2.05) is 0 Å². The first-order valence-corrected chi connectivity index (χ1v) is 10.6. The number of rotatable bonds is 6. The second-order valence-corrected chi connectivity index (χ2v) is 8.84. The third kappa shape index (κ3) is 6.05. The lowest BCUT2D eigenvalue weighted by atomic mass is 9.78. The van der Waals surface area contributed by atoms with Gasteiger partial charge in [0.25, 0.3) is 0 Å². The lowest BCUT2D eigenvalue weighted by molar-refractivity contribution is -0.0835. The molecule has 2 heterocycles. The molecule has 0 aliphatic carbocycles. The summed E-state index contributed by atoms with van der Waals surface area (Å²) in [7, 11) is 1.77. The third-order valence-corrected chi connectivity index (χ3v) is 5.37. The minimum Gasteiger partial charge on any atom is -0.444 e. The molecular weight excluding hydrogens is 383 g/mol. The molecule has 1 aliphatic heterocycles. The van der Waals surface area contributed by atoms with Crippen molar-refractivity contribution in [2.24, 2.45) is 16.3 Å². The molecule has 0 spiro atoms. The largest absolute Gasteiger partial charge is 0.444 e. The zero-order valence-corrected chi connectivity index (χ0v) is 18.4. The molecule has 0 amide bonds. The topological polar surface area (TPSA) is 71.7 Å². The van der Waals surface area contributed by atoms with Crippen molar-refractivity contribution in [1.82, 2.24) is 15.6 Å². The fourth-order valence-corrected chi connectivity index (χ4v) is 3.91. The molecule has 2 atom stereocenters. The number of benzene rings is 1. The summed E-state index contributed by atoms with van der Waals surface area (Å²) in [6.07, 6.45) is 4.86. The highest BCUT2D eigenvalue weighted by atomic mass is 19.1. The van der Waals surface area contributed by atoms with Crippen molar-refractivity contribution in [3.8, 4) is 11.5 Å². The van der Waals surface area contributed by atoms with Crippen LogP contribution in [0.3, 0.4) is 0 Å². The van der Waals surface area contributed by atoms with Crippen molar-refractivity contribution in [1.29, 1.82) is 0 Å². The van der Waals surface area contributed by atoms with E-state index < -0.39 is 0 Å². The monoisotopic (exact) mass is 416 g/mol. The molecular formula is C23H33FN4O2. The molecule has 7 heteroatoms. The Balaban J connectivity index is 1.46. The van der Waals surface area contributed by atoms with Crippen molar-refractivity contribution in [3.63, 3.8) is 0 Å². The molecule has 3 rings (SSSR count). The third-order valence-electron chi connectivity index (χ3n) is 5.37. The van der Waals surface area contributed by atoms with Gasteiger partial charge < -0.3 is 19.8 Å². The van der Waals surface area contributed by atoms with Gasteiger partial charge in [-0.3, -0.25) is 4.99 Å². The fourth-order valence-electron chi connectivity index (χ4n) is 3.91. The quantitative estimate of drug-likeness (QED) is 0.550. The SMILES string of the molecule is CN=C(NCCc1coc(-c2ccc(F)cc2)n1)NCC1CCCOC1C(C)(C)C. The molecule has 2 N–H and O–H groups in total. The van der Waals surface area contributed by atoms with Crippen LogP contribution in [0.5, 0.6) is 0 Å². The minimum absolute atomic E-state index is 0.124. The van der Waals surface area contributed by atoms with Gasteiger partial charge in [-0.25, -0.2) is 9.37 Å². The Morgan fingerprint density at radius 2 is 2.00 bits per heavy atom. The number of hydrogen-bond donors (Lipinski definition) is 2. The molecule has 30 heavy (non-hydrogen) atoms. The molecule has 2 unspecified atom stereocenters. The molecule has 6 nitrogen and oxygen atoms in total. The Labute approximate surface area is 178 Å². The van der Waals surface area contributed by atoms with E-state index in [0.717, 1.165) is 43.2 Å². The van der Waals surface area contributed by atoms with E-state index in [4.69, 9.17) is 9.15 Å². The predicted molar refractivity (Wildman–Crippen MR) is 117 cm³/mol.